The third-order valence-corrected chi connectivity index (χ3v) is 5.27. The molecule has 0 fully saturated rings. The molecule has 2 N–H and O–H groups in total. The Bertz CT molecular complexity index is 1310. The summed E-state index contributed by atoms with van der Waals surface area (Å²) in [5.74, 6) is 0.865. The molecule has 1 heterocycles. The van der Waals surface area contributed by atoms with Gasteiger partial charge in [-0.25, -0.2) is 4.98 Å². The van der Waals surface area contributed by atoms with Crippen molar-refractivity contribution >= 4 is 23.6 Å². The zero-order chi connectivity index (χ0) is 20.5. The predicted molar refractivity (Wildman–Crippen MR) is 122 cm³/mol. The molecule has 30 heavy (non-hydrogen) atoms. The highest BCUT2D eigenvalue weighted by atomic mass is 16.4. The first-order valence-corrected chi connectivity index (χ1v) is 9.81. The average molecular weight is 390 g/mol. The third-order valence-electron chi connectivity index (χ3n) is 5.27. The van der Waals surface area contributed by atoms with Gasteiger partial charge < -0.3 is 10.0 Å². The lowest BCUT2D eigenvalue weighted by molar-refractivity contribution is 0.426. The van der Waals surface area contributed by atoms with Gasteiger partial charge in [-0.15, -0.1) is 0 Å². The Morgan fingerprint density at radius 1 is 0.633 bits per heavy atom. The molecule has 0 aliphatic carbocycles. The van der Waals surface area contributed by atoms with Crippen molar-refractivity contribution in [2.24, 2.45) is 0 Å². The maximum Gasteiger partial charge on any atom is 0.489 e. The van der Waals surface area contributed by atoms with E-state index in [0.717, 1.165) is 39.2 Å². The van der Waals surface area contributed by atoms with Gasteiger partial charge in [0.2, 0.25) is 0 Å². The van der Waals surface area contributed by atoms with Crippen LogP contribution in [-0.2, 0) is 0 Å². The SMILES string of the molecule is OB(O)c1ccccc1-c1ccc(-c2nc3ccccc3n2-c2ccccc2)cc1. The average Bonchev–Trinajstić information content (AvgIpc) is 3.19. The summed E-state index contributed by atoms with van der Waals surface area (Å²) >= 11 is 0. The molecule has 0 aliphatic rings. The van der Waals surface area contributed by atoms with E-state index in [0.29, 0.717) is 5.46 Å². The summed E-state index contributed by atoms with van der Waals surface area (Å²) in [6, 6.07) is 33.6. The van der Waals surface area contributed by atoms with Crippen LogP contribution >= 0.6 is 0 Å². The van der Waals surface area contributed by atoms with Crippen LogP contribution in [0.4, 0.5) is 0 Å². The molecular weight excluding hydrogens is 371 g/mol. The highest BCUT2D eigenvalue weighted by Crippen LogP contribution is 2.30. The molecule has 0 bridgehead atoms. The van der Waals surface area contributed by atoms with Crippen molar-refractivity contribution in [2.75, 3.05) is 0 Å². The monoisotopic (exact) mass is 390 g/mol. The predicted octanol–water partition coefficient (Wildman–Crippen LogP) is 4.04. The van der Waals surface area contributed by atoms with Gasteiger partial charge in [-0.1, -0.05) is 78.9 Å². The summed E-state index contributed by atoms with van der Waals surface area (Å²) in [6.45, 7) is 0. The quantitative estimate of drug-likeness (QED) is 0.456. The van der Waals surface area contributed by atoms with Crippen LogP contribution in [0.5, 0.6) is 0 Å². The van der Waals surface area contributed by atoms with E-state index in [9.17, 15) is 10.0 Å². The zero-order valence-electron chi connectivity index (χ0n) is 16.2. The van der Waals surface area contributed by atoms with E-state index in [4.69, 9.17) is 4.98 Å². The van der Waals surface area contributed by atoms with E-state index in [1.807, 2.05) is 72.8 Å². The van der Waals surface area contributed by atoms with Gasteiger partial charge in [0.15, 0.2) is 0 Å². The molecule has 5 heteroatoms. The van der Waals surface area contributed by atoms with Gasteiger partial charge in [-0.2, -0.15) is 0 Å². The Labute approximate surface area is 174 Å². The lowest BCUT2D eigenvalue weighted by Crippen LogP contribution is -2.31. The van der Waals surface area contributed by atoms with Gasteiger partial charge in [-0.05, 0) is 40.9 Å². The lowest BCUT2D eigenvalue weighted by atomic mass is 9.75. The second-order valence-corrected chi connectivity index (χ2v) is 7.13. The fraction of sp³-hybridized carbons (Fsp3) is 0. The number of hydrogen-bond acceptors (Lipinski definition) is 3. The second-order valence-electron chi connectivity index (χ2n) is 7.13. The maximum atomic E-state index is 9.68. The first-order valence-electron chi connectivity index (χ1n) is 9.81. The molecule has 5 aromatic rings. The smallest absolute Gasteiger partial charge is 0.423 e. The van der Waals surface area contributed by atoms with Crippen molar-refractivity contribution in [1.29, 1.82) is 0 Å². The van der Waals surface area contributed by atoms with Crippen LogP contribution in [-0.4, -0.2) is 26.7 Å². The van der Waals surface area contributed by atoms with E-state index in [1.54, 1.807) is 12.1 Å². The third kappa shape index (κ3) is 3.20. The van der Waals surface area contributed by atoms with Gasteiger partial charge in [-0.3, -0.25) is 4.57 Å². The van der Waals surface area contributed by atoms with Crippen LogP contribution in [0, 0.1) is 0 Å². The Balaban J connectivity index is 1.64. The molecule has 0 saturated carbocycles. The molecule has 5 rings (SSSR count). The molecule has 0 spiro atoms. The summed E-state index contributed by atoms with van der Waals surface area (Å²) in [6.07, 6.45) is 0. The molecule has 0 unspecified atom stereocenters. The Hall–Kier alpha value is -3.67. The number of aromatic nitrogens is 2. The minimum atomic E-state index is -1.51. The molecule has 0 aliphatic heterocycles. The van der Waals surface area contributed by atoms with Gasteiger partial charge in [0.1, 0.15) is 5.82 Å². The highest BCUT2D eigenvalue weighted by molar-refractivity contribution is 6.60. The molecule has 0 saturated heterocycles. The molecule has 0 atom stereocenters. The van der Waals surface area contributed by atoms with Gasteiger partial charge >= 0.3 is 7.12 Å². The first-order chi connectivity index (χ1) is 14.7. The molecule has 0 radical (unpaired) electrons. The molecule has 4 nitrogen and oxygen atoms in total. The Kier molecular flexibility index (Phi) is 4.67. The molecule has 4 aromatic carbocycles. The fourth-order valence-corrected chi connectivity index (χ4v) is 3.84. The van der Waals surface area contributed by atoms with E-state index in [2.05, 4.69) is 22.8 Å². The van der Waals surface area contributed by atoms with E-state index in [-0.39, 0.29) is 0 Å². The highest BCUT2D eigenvalue weighted by Gasteiger charge is 2.17. The van der Waals surface area contributed by atoms with Crippen molar-refractivity contribution in [3.8, 4) is 28.2 Å². The van der Waals surface area contributed by atoms with Crippen molar-refractivity contribution in [3.63, 3.8) is 0 Å². The zero-order valence-corrected chi connectivity index (χ0v) is 16.2. The largest absolute Gasteiger partial charge is 0.489 e. The van der Waals surface area contributed by atoms with E-state index >= 15 is 0 Å². The van der Waals surface area contributed by atoms with Crippen LogP contribution in [0.25, 0.3) is 39.2 Å². The summed E-state index contributed by atoms with van der Waals surface area (Å²) in [5.41, 5.74) is 6.24. The first kappa shape index (κ1) is 18.4. The van der Waals surface area contributed by atoms with Crippen molar-refractivity contribution < 1.29 is 10.0 Å². The molecule has 144 valence electrons. The minimum absolute atomic E-state index is 0.488. The number of imidazole rings is 1. The summed E-state index contributed by atoms with van der Waals surface area (Å²) in [5, 5.41) is 19.4. The standard InChI is InChI=1S/C25H19BN2O2/c29-26(30)22-11-5-4-10-21(22)18-14-16-19(17-15-18)25-27-23-12-6-7-13-24(23)28(25)20-8-2-1-3-9-20/h1-17,29-30H. The summed E-state index contributed by atoms with van der Waals surface area (Å²) in [7, 11) is -1.51. The number of fused-ring (bicyclic) bond motifs is 1. The lowest BCUT2D eigenvalue weighted by Gasteiger charge is -2.11. The summed E-state index contributed by atoms with van der Waals surface area (Å²) < 4.78 is 2.16. The number of nitrogens with zero attached hydrogens (tertiary/aromatic N) is 2. The van der Waals surface area contributed by atoms with Crippen LogP contribution in [0.2, 0.25) is 0 Å². The molecule has 0 amide bonds. The number of para-hydroxylation sites is 3. The number of hydrogen-bond donors (Lipinski definition) is 2. The van der Waals surface area contributed by atoms with Gasteiger partial charge in [0.05, 0.1) is 11.0 Å². The Morgan fingerprint density at radius 3 is 2.03 bits per heavy atom. The molecular formula is C25H19BN2O2. The normalized spacial score (nSPS) is 11.0. The Morgan fingerprint density at radius 2 is 1.27 bits per heavy atom. The second kappa shape index (κ2) is 7.63. The van der Waals surface area contributed by atoms with E-state index in [1.165, 1.54) is 0 Å². The van der Waals surface area contributed by atoms with Gasteiger partial charge in [0, 0.05) is 11.3 Å². The van der Waals surface area contributed by atoms with Crippen molar-refractivity contribution in [3.05, 3.63) is 103 Å². The minimum Gasteiger partial charge on any atom is -0.423 e. The van der Waals surface area contributed by atoms with Crippen LogP contribution in [0.1, 0.15) is 0 Å². The van der Waals surface area contributed by atoms with Gasteiger partial charge in [0.25, 0.3) is 0 Å². The van der Waals surface area contributed by atoms with Crippen molar-refractivity contribution in [1.82, 2.24) is 9.55 Å². The van der Waals surface area contributed by atoms with Crippen LogP contribution in [0.15, 0.2) is 103 Å². The number of rotatable bonds is 4. The maximum absolute atomic E-state index is 9.68. The fourth-order valence-electron chi connectivity index (χ4n) is 3.84. The van der Waals surface area contributed by atoms with Crippen LogP contribution < -0.4 is 5.46 Å². The van der Waals surface area contributed by atoms with Crippen molar-refractivity contribution in [2.45, 2.75) is 0 Å². The topological polar surface area (TPSA) is 58.3 Å². The van der Waals surface area contributed by atoms with E-state index < -0.39 is 7.12 Å². The summed E-state index contributed by atoms with van der Waals surface area (Å²) in [4.78, 5) is 4.89. The molecule has 1 aromatic heterocycles. The van der Waals surface area contributed by atoms with Crippen LogP contribution in [0.3, 0.4) is 0 Å². The number of benzene rings is 4.